The molecule has 0 saturated heterocycles. The minimum atomic E-state index is 0.0605. The molecule has 53 heavy (non-hydrogen) atoms. The first-order chi connectivity index (χ1) is 25.9. The van der Waals surface area contributed by atoms with Gasteiger partial charge in [0.15, 0.2) is 0 Å². The summed E-state index contributed by atoms with van der Waals surface area (Å²) in [5, 5.41) is 10.8. The van der Waals surface area contributed by atoms with Gasteiger partial charge in [0, 0.05) is 83.2 Å². The minimum absolute atomic E-state index is 0.0605. The molecule has 4 unspecified atom stereocenters. The Morgan fingerprint density at radius 2 is 1.81 bits per heavy atom. The summed E-state index contributed by atoms with van der Waals surface area (Å²) in [5.41, 5.74) is 12.3. The first-order valence-electron chi connectivity index (χ1n) is 19.4. The van der Waals surface area contributed by atoms with Crippen molar-refractivity contribution < 1.29 is 9.15 Å². The van der Waals surface area contributed by atoms with Crippen LogP contribution in [0.1, 0.15) is 49.8 Å². The van der Waals surface area contributed by atoms with Gasteiger partial charge in [-0.25, -0.2) is 0 Å². The third-order valence-corrected chi connectivity index (χ3v) is 13.1. The SMILES string of the molecule is CNc1cc2c3c(oc2cc1N1c2cccc4c2CC(C2CN5CC=C(C(C)(C)C)C=C5n5c6ccccc6c6ccc(c2c65)O4)C2CC21)NCC=C3. The van der Waals surface area contributed by atoms with Gasteiger partial charge in [0.2, 0.25) is 5.88 Å². The Bertz CT molecular complexity index is 2680. The van der Waals surface area contributed by atoms with Crippen molar-refractivity contribution in [3.05, 3.63) is 107 Å². The molecule has 264 valence electrons. The van der Waals surface area contributed by atoms with Gasteiger partial charge in [0.1, 0.15) is 22.9 Å². The Labute approximate surface area is 309 Å². The van der Waals surface area contributed by atoms with Crippen molar-refractivity contribution in [3.63, 3.8) is 0 Å². The molecule has 4 atom stereocenters. The zero-order valence-corrected chi connectivity index (χ0v) is 30.7. The molecular weight excluding hydrogens is 655 g/mol. The Balaban J connectivity index is 1.08. The number of rotatable bonds is 2. The largest absolute Gasteiger partial charge is 0.457 e. The molecule has 12 rings (SSSR count). The molecule has 2 bridgehead atoms. The fourth-order valence-electron chi connectivity index (χ4n) is 10.6. The van der Waals surface area contributed by atoms with Crippen molar-refractivity contribution in [2.24, 2.45) is 17.3 Å². The molecule has 2 aromatic heterocycles. The summed E-state index contributed by atoms with van der Waals surface area (Å²) >= 11 is 0. The summed E-state index contributed by atoms with van der Waals surface area (Å²) in [6.45, 7) is 9.66. The number of benzene rings is 4. The number of ether oxygens (including phenoxy) is 1. The second kappa shape index (κ2) is 10.3. The molecule has 0 spiro atoms. The molecule has 1 saturated carbocycles. The summed E-state index contributed by atoms with van der Waals surface area (Å²) in [6.07, 6.45) is 11.4. The van der Waals surface area contributed by atoms with E-state index in [4.69, 9.17) is 9.15 Å². The van der Waals surface area contributed by atoms with Crippen molar-refractivity contribution in [1.82, 2.24) is 9.47 Å². The Kier molecular flexibility index (Phi) is 5.83. The van der Waals surface area contributed by atoms with Crippen LogP contribution < -0.4 is 20.3 Å². The van der Waals surface area contributed by atoms with Crippen LogP contribution in [0.4, 0.5) is 22.9 Å². The van der Waals surface area contributed by atoms with Crippen molar-refractivity contribution in [3.8, 4) is 11.5 Å². The molecule has 7 heterocycles. The van der Waals surface area contributed by atoms with Crippen LogP contribution in [0.3, 0.4) is 0 Å². The summed E-state index contributed by atoms with van der Waals surface area (Å²) < 4.78 is 16.3. The van der Waals surface area contributed by atoms with Gasteiger partial charge in [-0.3, -0.25) is 4.57 Å². The second-order valence-electron chi connectivity index (χ2n) is 17.0. The van der Waals surface area contributed by atoms with E-state index in [0.29, 0.717) is 23.8 Å². The highest BCUT2D eigenvalue weighted by atomic mass is 16.5. The minimum Gasteiger partial charge on any atom is -0.457 e. The van der Waals surface area contributed by atoms with Crippen LogP contribution in [0.15, 0.2) is 94.9 Å². The summed E-state index contributed by atoms with van der Waals surface area (Å²) in [7, 11) is 2.04. The first-order valence-corrected chi connectivity index (χ1v) is 19.4. The molecule has 0 radical (unpaired) electrons. The van der Waals surface area contributed by atoms with Crippen molar-refractivity contribution in [1.29, 1.82) is 0 Å². The van der Waals surface area contributed by atoms with Gasteiger partial charge >= 0.3 is 0 Å². The van der Waals surface area contributed by atoms with E-state index < -0.39 is 0 Å². The molecule has 6 aliphatic rings. The van der Waals surface area contributed by atoms with Crippen LogP contribution in [0, 0.1) is 17.3 Å². The lowest BCUT2D eigenvalue weighted by Crippen LogP contribution is -2.35. The quantitative estimate of drug-likeness (QED) is 0.188. The third-order valence-electron chi connectivity index (χ3n) is 13.1. The molecule has 6 aromatic rings. The van der Waals surface area contributed by atoms with E-state index in [-0.39, 0.29) is 5.41 Å². The van der Waals surface area contributed by atoms with E-state index in [0.717, 1.165) is 72.1 Å². The second-order valence-corrected chi connectivity index (χ2v) is 17.0. The van der Waals surface area contributed by atoms with E-state index in [1.807, 2.05) is 7.05 Å². The topological polar surface area (TPSA) is 57.8 Å². The van der Waals surface area contributed by atoms with Crippen LogP contribution in [0.25, 0.3) is 44.7 Å². The van der Waals surface area contributed by atoms with E-state index in [2.05, 4.69) is 137 Å². The lowest BCUT2D eigenvalue weighted by molar-refractivity contribution is 0.283. The smallest absolute Gasteiger partial charge is 0.201 e. The van der Waals surface area contributed by atoms with Crippen LogP contribution in [-0.4, -0.2) is 42.2 Å². The number of hydrogen-bond acceptors (Lipinski definition) is 6. The van der Waals surface area contributed by atoms with Crippen LogP contribution in [0.2, 0.25) is 0 Å². The number of furan rings is 1. The zero-order chi connectivity index (χ0) is 35.3. The highest BCUT2D eigenvalue weighted by Crippen LogP contribution is 2.61. The predicted molar refractivity (Wildman–Crippen MR) is 217 cm³/mol. The molecule has 1 fully saturated rings. The maximum absolute atomic E-state index is 7.22. The molecule has 4 aromatic carbocycles. The number of fused-ring (bicyclic) bond motifs is 12. The highest BCUT2D eigenvalue weighted by Gasteiger charge is 2.55. The molecule has 1 aliphatic carbocycles. The lowest BCUT2D eigenvalue weighted by atomic mass is 9.77. The van der Waals surface area contributed by atoms with Gasteiger partial charge in [0.05, 0.1) is 22.4 Å². The van der Waals surface area contributed by atoms with Crippen molar-refractivity contribution in [2.45, 2.75) is 45.6 Å². The Morgan fingerprint density at radius 1 is 0.906 bits per heavy atom. The lowest BCUT2D eigenvalue weighted by Gasteiger charge is -2.37. The number of para-hydroxylation sites is 1. The molecule has 7 heteroatoms. The Hall–Kier alpha value is -5.56. The number of aromatic nitrogens is 1. The predicted octanol–water partition coefficient (Wildman–Crippen LogP) is 10.7. The summed E-state index contributed by atoms with van der Waals surface area (Å²) in [6, 6.07) is 25.2. The van der Waals surface area contributed by atoms with Crippen LogP contribution in [0.5, 0.6) is 11.5 Å². The molecule has 2 N–H and O–H groups in total. The van der Waals surface area contributed by atoms with E-state index in [1.165, 1.54) is 55.7 Å². The fourth-order valence-corrected chi connectivity index (χ4v) is 10.6. The van der Waals surface area contributed by atoms with Gasteiger partial charge in [-0.05, 0) is 78.1 Å². The third kappa shape index (κ3) is 4.05. The first kappa shape index (κ1) is 30.0. The van der Waals surface area contributed by atoms with Gasteiger partial charge < -0.3 is 29.6 Å². The molecular formula is C46H43N5O2. The molecule has 7 nitrogen and oxygen atoms in total. The summed E-state index contributed by atoms with van der Waals surface area (Å²) in [5.74, 6) is 5.40. The number of nitrogens with one attached hydrogen (secondary N) is 2. The molecule has 0 amide bonds. The average molecular weight is 698 g/mol. The van der Waals surface area contributed by atoms with Crippen molar-refractivity contribution in [2.75, 3.05) is 42.2 Å². The maximum atomic E-state index is 7.22. The number of allylic oxidation sites excluding steroid dienone is 2. The molecule has 5 aliphatic heterocycles. The van der Waals surface area contributed by atoms with Crippen LogP contribution >= 0.6 is 0 Å². The van der Waals surface area contributed by atoms with E-state index in [9.17, 15) is 0 Å². The normalized spacial score (nSPS) is 23.5. The zero-order valence-electron chi connectivity index (χ0n) is 30.7. The standard InChI is InChI=1S/C46H43N5O2/c1-46(2,3)25-16-18-49-24-33-29-20-32-36(50(37-22-30(29)37)38-23-41-31(21-34(38)47-4)28-10-8-17-48-45(28)53-41)12-7-13-39(32)52-40-15-14-27-26-9-5-6-11-35(26)51(42(49)19-25)44(27)43(33)40/h5-16,19,21,23,29-30,33,37,47-48H,17-18,20,22,24H2,1-4H3. The average Bonchev–Trinajstić information content (AvgIpc) is 3.80. The van der Waals surface area contributed by atoms with Crippen molar-refractivity contribution >= 4 is 67.6 Å². The highest BCUT2D eigenvalue weighted by molar-refractivity contribution is 6.12. The monoisotopic (exact) mass is 697 g/mol. The van der Waals surface area contributed by atoms with Gasteiger partial charge in [-0.1, -0.05) is 63.3 Å². The Morgan fingerprint density at radius 3 is 2.70 bits per heavy atom. The number of nitrogens with zero attached hydrogens (tertiary/aromatic N) is 3. The number of anilines is 4. The van der Waals surface area contributed by atoms with E-state index in [1.54, 1.807) is 0 Å². The van der Waals surface area contributed by atoms with Gasteiger partial charge in [-0.15, -0.1) is 0 Å². The van der Waals surface area contributed by atoms with Gasteiger partial charge in [0.25, 0.3) is 0 Å². The maximum Gasteiger partial charge on any atom is 0.201 e. The van der Waals surface area contributed by atoms with Gasteiger partial charge in [-0.2, -0.15) is 0 Å². The van der Waals surface area contributed by atoms with E-state index >= 15 is 0 Å². The summed E-state index contributed by atoms with van der Waals surface area (Å²) in [4.78, 5) is 5.30. The fraction of sp³-hybridized carbons (Fsp3) is 0.304. The van der Waals surface area contributed by atoms with Crippen LogP contribution in [-0.2, 0) is 6.42 Å². The number of hydrogen-bond donors (Lipinski definition) is 2.